The highest BCUT2D eigenvalue weighted by atomic mass is 19.1. The van der Waals surface area contributed by atoms with Crippen molar-refractivity contribution in [2.24, 2.45) is 5.92 Å². The molecule has 4 nitrogen and oxygen atoms in total. The average Bonchev–Trinajstić information content (AvgIpc) is 2.23. The van der Waals surface area contributed by atoms with Gasteiger partial charge in [-0.15, -0.1) is 0 Å². The summed E-state index contributed by atoms with van der Waals surface area (Å²) in [5.74, 6) is -0.992. The molecule has 0 bridgehead atoms. The summed E-state index contributed by atoms with van der Waals surface area (Å²) in [6.07, 6.45) is 0. The Hall–Kier alpha value is -1.91. The molecule has 1 aliphatic rings. The molecule has 0 aliphatic carbocycles. The highest BCUT2D eigenvalue weighted by Crippen LogP contribution is 2.19. The van der Waals surface area contributed by atoms with E-state index in [0.29, 0.717) is 5.69 Å². The predicted molar refractivity (Wildman–Crippen MR) is 56.4 cm³/mol. The smallest absolute Gasteiger partial charge is 0.293 e. The molecule has 0 radical (unpaired) electrons. The fourth-order valence-corrected chi connectivity index (χ4v) is 1.60. The van der Waals surface area contributed by atoms with Crippen LogP contribution in [0.25, 0.3) is 0 Å². The van der Waals surface area contributed by atoms with E-state index in [1.54, 1.807) is 13.0 Å². The molecule has 5 heteroatoms. The summed E-state index contributed by atoms with van der Waals surface area (Å²) in [6, 6.07) is 5.22. The van der Waals surface area contributed by atoms with Crippen LogP contribution < -0.4 is 10.2 Å². The Morgan fingerprint density at radius 2 is 2.19 bits per heavy atom. The summed E-state index contributed by atoms with van der Waals surface area (Å²) < 4.78 is 13.0. The Labute approximate surface area is 92.0 Å². The molecule has 0 saturated carbocycles. The zero-order chi connectivity index (χ0) is 11.7. The first-order valence-electron chi connectivity index (χ1n) is 4.96. The molecule has 1 N–H and O–H groups in total. The van der Waals surface area contributed by atoms with E-state index in [1.807, 2.05) is 0 Å². The number of benzene rings is 1. The number of carbonyl (C=O) groups excluding carboxylic acids is 2. The monoisotopic (exact) mass is 222 g/mol. The number of imide groups is 1. The van der Waals surface area contributed by atoms with E-state index in [2.05, 4.69) is 5.32 Å². The third-order valence-corrected chi connectivity index (χ3v) is 2.50. The number of nitrogens with zero attached hydrogens (tertiary/aromatic N) is 1. The molecule has 3 amide bonds. The fourth-order valence-electron chi connectivity index (χ4n) is 1.60. The van der Waals surface area contributed by atoms with Crippen LogP contribution >= 0.6 is 0 Å². The van der Waals surface area contributed by atoms with Crippen LogP contribution in [0.15, 0.2) is 24.3 Å². The van der Waals surface area contributed by atoms with Gasteiger partial charge >= 0.3 is 6.03 Å². The van der Waals surface area contributed by atoms with Crippen LogP contribution in [0.5, 0.6) is 0 Å². The molecule has 16 heavy (non-hydrogen) atoms. The van der Waals surface area contributed by atoms with Crippen molar-refractivity contribution in [1.29, 1.82) is 0 Å². The maximum atomic E-state index is 13.0. The van der Waals surface area contributed by atoms with Gasteiger partial charge < -0.3 is 0 Å². The van der Waals surface area contributed by atoms with Gasteiger partial charge in [0.2, 0.25) is 5.91 Å². The van der Waals surface area contributed by atoms with E-state index in [4.69, 9.17) is 0 Å². The van der Waals surface area contributed by atoms with E-state index in [0.717, 1.165) is 0 Å². The van der Waals surface area contributed by atoms with Gasteiger partial charge in [0.1, 0.15) is 5.82 Å². The SMILES string of the molecule is CC1CN(c2cccc(F)c2)C(=O)NC1=O. The third-order valence-electron chi connectivity index (χ3n) is 2.50. The molecule has 2 rings (SSSR count). The quantitative estimate of drug-likeness (QED) is 0.783. The van der Waals surface area contributed by atoms with Gasteiger partial charge in [0.05, 0.1) is 5.92 Å². The topological polar surface area (TPSA) is 49.4 Å². The molecule has 0 spiro atoms. The van der Waals surface area contributed by atoms with Crippen molar-refractivity contribution in [3.05, 3.63) is 30.1 Å². The van der Waals surface area contributed by atoms with Crippen LogP contribution in [0.4, 0.5) is 14.9 Å². The van der Waals surface area contributed by atoms with Crippen LogP contribution in [0.3, 0.4) is 0 Å². The van der Waals surface area contributed by atoms with Gasteiger partial charge in [-0.3, -0.25) is 15.0 Å². The zero-order valence-corrected chi connectivity index (χ0v) is 8.74. The summed E-state index contributed by atoms with van der Waals surface area (Å²) in [5, 5.41) is 2.22. The molecule has 1 atom stereocenters. The zero-order valence-electron chi connectivity index (χ0n) is 8.74. The normalized spacial score (nSPS) is 20.9. The van der Waals surface area contributed by atoms with Crippen LogP contribution in [0.1, 0.15) is 6.92 Å². The molecular formula is C11H11FN2O2. The van der Waals surface area contributed by atoms with Crippen molar-refractivity contribution in [3.63, 3.8) is 0 Å². The van der Waals surface area contributed by atoms with Crippen molar-refractivity contribution in [3.8, 4) is 0 Å². The van der Waals surface area contributed by atoms with Crippen molar-refractivity contribution >= 4 is 17.6 Å². The highest BCUT2D eigenvalue weighted by Gasteiger charge is 2.29. The van der Waals surface area contributed by atoms with Crippen LogP contribution in [-0.2, 0) is 4.79 Å². The molecule has 1 aliphatic heterocycles. The van der Waals surface area contributed by atoms with E-state index >= 15 is 0 Å². The number of halogens is 1. The minimum atomic E-state index is -0.506. The molecule has 1 aromatic rings. The molecule has 1 aromatic carbocycles. The maximum absolute atomic E-state index is 13.0. The lowest BCUT2D eigenvalue weighted by Crippen LogP contribution is -2.53. The Morgan fingerprint density at radius 1 is 1.44 bits per heavy atom. The second-order valence-corrected chi connectivity index (χ2v) is 3.79. The lowest BCUT2D eigenvalue weighted by atomic mass is 10.1. The lowest BCUT2D eigenvalue weighted by molar-refractivity contribution is -0.123. The number of nitrogens with one attached hydrogen (secondary N) is 1. The third kappa shape index (κ3) is 1.88. The van der Waals surface area contributed by atoms with Crippen LogP contribution in [0, 0.1) is 11.7 Å². The Balaban J connectivity index is 2.27. The van der Waals surface area contributed by atoms with E-state index in [-0.39, 0.29) is 18.4 Å². The van der Waals surface area contributed by atoms with Crippen LogP contribution in [-0.4, -0.2) is 18.5 Å². The van der Waals surface area contributed by atoms with Gasteiger partial charge in [0, 0.05) is 12.2 Å². The lowest BCUT2D eigenvalue weighted by Gasteiger charge is -2.30. The highest BCUT2D eigenvalue weighted by molar-refractivity contribution is 6.06. The minimum absolute atomic E-state index is 0.272. The molecule has 1 fully saturated rings. The second-order valence-electron chi connectivity index (χ2n) is 3.79. The van der Waals surface area contributed by atoms with Gasteiger partial charge in [0.15, 0.2) is 0 Å². The number of hydrogen-bond acceptors (Lipinski definition) is 2. The molecule has 1 saturated heterocycles. The molecule has 1 unspecified atom stereocenters. The summed E-state index contributed by atoms with van der Waals surface area (Å²) >= 11 is 0. The second kappa shape index (κ2) is 3.92. The molecule has 1 heterocycles. The molecule has 84 valence electrons. The van der Waals surface area contributed by atoms with Gasteiger partial charge in [-0.1, -0.05) is 13.0 Å². The van der Waals surface area contributed by atoms with E-state index in [1.165, 1.54) is 23.1 Å². The predicted octanol–water partition coefficient (Wildman–Crippen LogP) is 1.52. The summed E-state index contributed by atoms with van der Waals surface area (Å²) in [6.45, 7) is 1.99. The van der Waals surface area contributed by atoms with Crippen molar-refractivity contribution in [2.75, 3.05) is 11.4 Å². The average molecular weight is 222 g/mol. The van der Waals surface area contributed by atoms with Crippen molar-refractivity contribution < 1.29 is 14.0 Å². The number of urea groups is 1. The first-order valence-corrected chi connectivity index (χ1v) is 4.96. The number of hydrogen-bond donors (Lipinski definition) is 1. The van der Waals surface area contributed by atoms with Gasteiger partial charge in [0.25, 0.3) is 0 Å². The summed E-state index contributed by atoms with van der Waals surface area (Å²) in [5.41, 5.74) is 0.455. The fraction of sp³-hybridized carbons (Fsp3) is 0.273. The number of anilines is 1. The summed E-state index contributed by atoms with van der Waals surface area (Å²) in [7, 11) is 0. The first kappa shape index (κ1) is 10.6. The van der Waals surface area contributed by atoms with Gasteiger partial charge in [-0.2, -0.15) is 0 Å². The Morgan fingerprint density at radius 3 is 2.88 bits per heavy atom. The van der Waals surface area contributed by atoms with Crippen molar-refractivity contribution in [1.82, 2.24) is 5.32 Å². The van der Waals surface area contributed by atoms with Gasteiger partial charge in [-0.05, 0) is 18.2 Å². The summed E-state index contributed by atoms with van der Waals surface area (Å²) in [4.78, 5) is 24.1. The number of rotatable bonds is 1. The Kier molecular flexibility index (Phi) is 2.60. The van der Waals surface area contributed by atoms with Gasteiger partial charge in [-0.25, -0.2) is 9.18 Å². The largest absolute Gasteiger partial charge is 0.328 e. The first-order chi connectivity index (χ1) is 7.58. The maximum Gasteiger partial charge on any atom is 0.328 e. The van der Waals surface area contributed by atoms with Crippen molar-refractivity contribution in [2.45, 2.75) is 6.92 Å². The van der Waals surface area contributed by atoms with E-state index in [9.17, 15) is 14.0 Å². The molecule has 0 aromatic heterocycles. The van der Waals surface area contributed by atoms with E-state index < -0.39 is 11.8 Å². The number of carbonyl (C=O) groups is 2. The Bertz CT molecular complexity index is 447. The minimum Gasteiger partial charge on any atom is -0.293 e. The molecular weight excluding hydrogens is 211 g/mol. The van der Waals surface area contributed by atoms with Crippen LogP contribution in [0.2, 0.25) is 0 Å². The standard InChI is InChI=1S/C11H11FN2O2/c1-7-6-14(11(16)13-10(7)15)9-4-2-3-8(12)5-9/h2-5,7H,6H2,1H3,(H,13,15,16). The number of amides is 3.